The quantitative estimate of drug-likeness (QED) is 0.282. The third-order valence-corrected chi connectivity index (χ3v) is 8.20. The maximum atomic E-state index is 12.7. The van der Waals surface area contributed by atoms with Crippen LogP contribution in [0.4, 0.5) is 0 Å². The Morgan fingerprint density at radius 3 is 2.16 bits per heavy atom. The van der Waals surface area contributed by atoms with Gasteiger partial charge in [0.1, 0.15) is 0 Å². The summed E-state index contributed by atoms with van der Waals surface area (Å²) in [4.78, 5) is 7.65. The van der Waals surface area contributed by atoms with Crippen LogP contribution < -0.4 is 10.6 Å². The minimum atomic E-state index is -3.36. The zero-order valence-corrected chi connectivity index (χ0v) is 22.9. The van der Waals surface area contributed by atoms with Crippen molar-refractivity contribution in [1.82, 2.24) is 19.8 Å². The molecule has 32 heavy (non-hydrogen) atoms. The number of nitrogens with one attached hydrogen (secondary N) is 2. The normalized spacial score (nSPS) is 18.9. The molecule has 2 aliphatic rings. The van der Waals surface area contributed by atoms with Crippen LogP contribution in [-0.2, 0) is 16.6 Å². The van der Waals surface area contributed by atoms with Crippen molar-refractivity contribution >= 4 is 40.0 Å². The largest absolute Gasteiger partial charge is 0.357 e. The molecule has 0 saturated carbocycles. The second-order valence-corrected chi connectivity index (χ2v) is 11.1. The zero-order chi connectivity index (χ0) is 22.3. The first-order chi connectivity index (χ1) is 14.8. The van der Waals surface area contributed by atoms with E-state index in [2.05, 4.69) is 36.3 Å². The summed E-state index contributed by atoms with van der Waals surface area (Å²) < 4.78 is 26.9. The maximum Gasteiger partial charge on any atom is 0.243 e. The minimum Gasteiger partial charge on any atom is -0.357 e. The van der Waals surface area contributed by atoms with Gasteiger partial charge < -0.3 is 10.6 Å². The lowest BCUT2D eigenvalue weighted by Gasteiger charge is -2.41. The molecule has 0 unspecified atom stereocenters. The fourth-order valence-corrected chi connectivity index (χ4v) is 5.78. The second-order valence-electron chi connectivity index (χ2n) is 9.16. The van der Waals surface area contributed by atoms with Gasteiger partial charge in [-0.25, -0.2) is 13.4 Å². The van der Waals surface area contributed by atoms with Gasteiger partial charge in [-0.1, -0.05) is 18.6 Å². The highest BCUT2D eigenvalue weighted by Gasteiger charge is 2.28. The van der Waals surface area contributed by atoms with Crippen LogP contribution in [0.5, 0.6) is 0 Å². The lowest BCUT2D eigenvalue weighted by atomic mass is 9.98. The molecule has 0 bridgehead atoms. The summed E-state index contributed by atoms with van der Waals surface area (Å²) in [6.45, 7) is 12.3. The van der Waals surface area contributed by atoms with E-state index in [0.29, 0.717) is 24.5 Å². The molecular weight excluding hydrogens is 537 g/mol. The van der Waals surface area contributed by atoms with Crippen LogP contribution in [0.1, 0.15) is 58.4 Å². The smallest absolute Gasteiger partial charge is 0.243 e. The Hall–Kier alpha value is -0.910. The molecule has 1 aromatic carbocycles. The van der Waals surface area contributed by atoms with E-state index in [-0.39, 0.29) is 29.5 Å². The molecular formula is C23H40IN5O2S. The summed E-state index contributed by atoms with van der Waals surface area (Å²) >= 11 is 0. The minimum absolute atomic E-state index is 0. The standard InChI is InChI=1S/C23H39N5O2S.HI/c1-4-24-22(26-19-23(2,3)27-14-6-5-7-15-27)25-18-20-10-12-21(13-11-20)31(29,30)28-16-8-9-17-28;/h10-13H,4-9,14-19H2,1-3H3,(H2,24,25,26);1H. The van der Waals surface area contributed by atoms with Gasteiger partial charge in [0.15, 0.2) is 5.96 Å². The summed E-state index contributed by atoms with van der Waals surface area (Å²) in [5, 5.41) is 6.81. The zero-order valence-electron chi connectivity index (χ0n) is 19.8. The third-order valence-electron chi connectivity index (χ3n) is 6.29. The van der Waals surface area contributed by atoms with Crippen molar-refractivity contribution in [2.24, 2.45) is 4.99 Å². The lowest BCUT2D eigenvalue weighted by molar-refractivity contribution is 0.0982. The summed E-state index contributed by atoms with van der Waals surface area (Å²) in [7, 11) is -3.36. The number of aliphatic imine (C=N–C) groups is 1. The van der Waals surface area contributed by atoms with Crippen molar-refractivity contribution in [3.05, 3.63) is 29.8 Å². The fraction of sp³-hybridized carbons (Fsp3) is 0.696. The van der Waals surface area contributed by atoms with E-state index < -0.39 is 10.0 Å². The number of benzene rings is 1. The van der Waals surface area contributed by atoms with Crippen molar-refractivity contribution in [3.63, 3.8) is 0 Å². The number of guanidine groups is 1. The molecule has 0 aliphatic carbocycles. The molecule has 182 valence electrons. The predicted molar refractivity (Wildman–Crippen MR) is 142 cm³/mol. The van der Waals surface area contributed by atoms with Gasteiger partial charge in [-0.2, -0.15) is 4.31 Å². The Balaban J connectivity index is 0.00000363. The Labute approximate surface area is 211 Å². The van der Waals surface area contributed by atoms with Gasteiger partial charge in [0.25, 0.3) is 0 Å². The summed E-state index contributed by atoms with van der Waals surface area (Å²) in [6, 6.07) is 7.15. The van der Waals surface area contributed by atoms with Crippen LogP contribution in [0.25, 0.3) is 0 Å². The third kappa shape index (κ3) is 7.30. The van der Waals surface area contributed by atoms with Gasteiger partial charge >= 0.3 is 0 Å². The molecule has 2 N–H and O–H groups in total. The van der Waals surface area contributed by atoms with Crippen molar-refractivity contribution in [2.75, 3.05) is 39.3 Å². The van der Waals surface area contributed by atoms with Gasteiger partial charge in [-0.05, 0) is 77.2 Å². The fourth-order valence-electron chi connectivity index (χ4n) is 4.27. The van der Waals surface area contributed by atoms with Crippen LogP contribution in [0, 0.1) is 0 Å². The molecule has 7 nitrogen and oxygen atoms in total. The van der Waals surface area contributed by atoms with E-state index in [1.54, 1.807) is 16.4 Å². The van der Waals surface area contributed by atoms with Crippen LogP contribution in [0.2, 0.25) is 0 Å². The summed E-state index contributed by atoms with van der Waals surface area (Å²) in [6.07, 6.45) is 5.78. The molecule has 1 aromatic rings. The molecule has 0 amide bonds. The first-order valence-corrected chi connectivity index (χ1v) is 13.1. The topological polar surface area (TPSA) is 77.0 Å². The van der Waals surface area contributed by atoms with Gasteiger partial charge in [0.2, 0.25) is 10.0 Å². The Bertz CT molecular complexity index is 830. The van der Waals surface area contributed by atoms with Crippen molar-refractivity contribution in [2.45, 2.75) is 69.9 Å². The molecule has 3 rings (SSSR count). The molecule has 0 atom stereocenters. The number of hydrogen-bond acceptors (Lipinski definition) is 4. The molecule has 9 heteroatoms. The van der Waals surface area contributed by atoms with Crippen LogP contribution in [0.3, 0.4) is 0 Å². The monoisotopic (exact) mass is 577 g/mol. The van der Waals surface area contributed by atoms with E-state index in [0.717, 1.165) is 50.5 Å². The first kappa shape index (κ1) is 27.3. The molecule has 2 aliphatic heterocycles. The van der Waals surface area contributed by atoms with E-state index >= 15 is 0 Å². The molecule has 2 saturated heterocycles. The molecule has 0 aromatic heterocycles. The number of piperidine rings is 1. The summed E-state index contributed by atoms with van der Waals surface area (Å²) in [5.74, 6) is 0.793. The molecule has 0 radical (unpaired) electrons. The first-order valence-electron chi connectivity index (χ1n) is 11.7. The molecule has 2 heterocycles. The van der Waals surface area contributed by atoms with Gasteiger partial charge in [0, 0.05) is 31.7 Å². The highest BCUT2D eigenvalue weighted by atomic mass is 127. The Morgan fingerprint density at radius 2 is 1.56 bits per heavy atom. The SMILES string of the molecule is CCNC(=NCc1ccc(S(=O)(=O)N2CCCC2)cc1)NCC(C)(C)N1CCCCC1.I. The predicted octanol–water partition coefficient (Wildman–Crippen LogP) is 3.41. The van der Waals surface area contributed by atoms with E-state index in [1.807, 2.05) is 12.1 Å². The average molecular weight is 578 g/mol. The highest BCUT2D eigenvalue weighted by molar-refractivity contribution is 14.0. The number of nitrogens with zero attached hydrogens (tertiary/aromatic N) is 3. The Kier molecular flexibility index (Phi) is 10.7. The van der Waals surface area contributed by atoms with Gasteiger partial charge in [0.05, 0.1) is 11.4 Å². The van der Waals surface area contributed by atoms with Gasteiger partial charge in [-0.15, -0.1) is 24.0 Å². The van der Waals surface area contributed by atoms with E-state index in [1.165, 1.54) is 19.3 Å². The molecule has 0 spiro atoms. The number of rotatable bonds is 8. The summed E-state index contributed by atoms with van der Waals surface area (Å²) in [5.41, 5.74) is 1.07. The van der Waals surface area contributed by atoms with E-state index in [9.17, 15) is 8.42 Å². The number of likely N-dealkylation sites (tertiary alicyclic amines) is 1. The van der Waals surface area contributed by atoms with Gasteiger partial charge in [-0.3, -0.25) is 4.90 Å². The van der Waals surface area contributed by atoms with Crippen molar-refractivity contribution < 1.29 is 8.42 Å². The van der Waals surface area contributed by atoms with Crippen molar-refractivity contribution in [1.29, 1.82) is 0 Å². The number of halogens is 1. The Morgan fingerprint density at radius 1 is 0.969 bits per heavy atom. The van der Waals surface area contributed by atoms with Crippen LogP contribution in [-0.4, -0.2) is 68.4 Å². The number of hydrogen-bond donors (Lipinski definition) is 2. The average Bonchev–Trinajstić information content (AvgIpc) is 3.33. The van der Waals surface area contributed by atoms with Crippen LogP contribution >= 0.6 is 24.0 Å². The van der Waals surface area contributed by atoms with Crippen LogP contribution in [0.15, 0.2) is 34.2 Å². The number of sulfonamides is 1. The maximum absolute atomic E-state index is 12.7. The highest BCUT2D eigenvalue weighted by Crippen LogP contribution is 2.22. The lowest BCUT2D eigenvalue weighted by Crippen LogP contribution is -2.54. The molecule has 2 fully saturated rings. The second kappa shape index (κ2) is 12.5. The van der Waals surface area contributed by atoms with E-state index in [4.69, 9.17) is 4.99 Å². The van der Waals surface area contributed by atoms with Crippen molar-refractivity contribution in [3.8, 4) is 0 Å².